The van der Waals surface area contributed by atoms with Crippen molar-refractivity contribution < 1.29 is 9.59 Å². The van der Waals surface area contributed by atoms with Crippen LogP contribution in [0.5, 0.6) is 0 Å². The second-order valence-electron chi connectivity index (χ2n) is 8.02. The summed E-state index contributed by atoms with van der Waals surface area (Å²) >= 11 is 0. The summed E-state index contributed by atoms with van der Waals surface area (Å²) in [6.07, 6.45) is 3.87. The molecule has 1 aliphatic carbocycles. The molecule has 29 heavy (non-hydrogen) atoms. The largest absolute Gasteiger partial charge is 0.340 e. The van der Waals surface area contributed by atoms with E-state index < -0.39 is 0 Å². The first-order valence-corrected chi connectivity index (χ1v) is 10.1. The number of piperazine rings is 1. The average molecular weight is 445 g/mol. The van der Waals surface area contributed by atoms with Crippen LogP contribution in [-0.2, 0) is 9.59 Å². The molecule has 2 amide bonds. The molecule has 0 aromatic heterocycles. The molecule has 1 aromatic rings. The fourth-order valence-corrected chi connectivity index (χ4v) is 4.12. The highest BCUT2D eigenvalue weighted by molar-refractivity contribution is 5.93. The molecule has 2 fully saturated rings. The summed E-state index contributed by atoms with van der Waals surface area (Å²) in [7, 11) is 0. The maximum absolute atomic E-state index is 12.7. The second-order valence-corrected chi connectivity index (χ2v) is 8.02. The van der Waals surface area contributed by atoms with Crippen molar-refractivity contribution in [2.45, 2.75) is 45.6 Å². The van der Waals surface area contributed by atoms with Crippen molar-refractivity contribution in [2.75, 3.05) is 38.0 Å². The lowest BCUT2D eigenvalue weighted by Gasteiger charge is -2.37. The van der Waals surface area contributed by atoms with E-state index in [1.54, 1.807) is 0 Å². The summed E-state index contributed by atoms with van der Waals surface area (Å²) in [5.41, 5.74) is 9.18. The van der Waals surface area contributed by atoms with Gasteiger partial charge in [-0.3, -0.25) is 14.5 Å². The summed E-state index contributed by atoms with van der Waals surface area (Å²) in [6.45, 7) is 7.30. The average Bonchev–Trinajstić information content (AvgIpc) is 2.65. The van der Waals surface area contributed by atoms with Gasteiger partial charge in [-0.15, -0.1) is 24.8 Å². The Kier molecular flexibility index (Phi) is 10.4. The molecule has 164 valence electrons. The number of benzene rings is 1. The molecule has 0 radical (unpaired) electrons. The van der Waals surface area contributed by atoms with Gasteiger partial charge >= 0.3 is 0 Å². The van der Waals surface area contributed by atoms with Crippen LogP contribution in [0.3, 0.4) is 0 Å². The van der Waals surface area contributed by atoms with Gasteiger partial charge in [0, 0.05) is 43.8 Å². The lowest BCUT2D eigenvalue weighted by Crippen LogP contribution is -2.52. The topological polar surface area (TPSA) is 78.7 Å². The summed E-state index contributed by atoms with van der Waals surface area (Å²) in [5, 5.41) is 3.01. The molecular formula is C21H34Cl2N4O2. The van der Waals surface area contributed by atoms with Gasteiger partial charge in [0.1, 0.15) is 0 Å². The van der Waals surface area contributed by atoms with Crippen LogP contribution in [0, 0.1) is 19.8 Å². The number of aryl methyl sites for hydroxylation is 1. The van der Waals surface area contributed by atoms with E-state index in [1.807, 2.05) is 36.9 Å². The van der Waals surface area contributed by atoms with Gasteiger partial charge in [0.15, 0.2) is 0 Å². The predicted molar refractivity (Wildman–Crippen MR) is 122 cm³/mol. The summed E-state index contributed by atoms with van der Waals surface area (Å²) in [5.74, 6) is 0.347. The van der Waals surface area contributed by atoms with E-state index in [0.29, 0.717) is 19.6 Å². The molecule has 2 unspecified atom stereocenters. The van der Waals surface area contributed by atoms with Crippen molar-refractivity contribution in [3.8, 4) is 0 Å². The number of nitrogens with one attached hydrogen (secondary N) is 1. The molecule has 0 bridgehead atoms. The van der Waals surface area contributed by atoms with Crippen LogP contribution >= 0.6 is 24.8 Å². The van der Waals surface area contributed by atoms with Crippen molar-refractivity contribution in [1.29, 1.82) is 0 Å². The predicted octanol–water partition coefficient (Wildman–Crippen LogP) is 2.75. The van der Waals surface area contributed by atoms with Crippen molar-refractivity contribution in [3.63, 3.8) is 0 Å². The minimum absolute atomic E-state index is 0. The minimum Gasteiger partial charge on any atom is -0.340 e. The minimum atomic E-state index is 0. The molecule has 2 atom stereocenters. The molecule has 1 aromatic carbocycles. The Balaban J connectivity index is 0.00000210. The third kappa shape index (κ3) is 6.85. The fraction of sp³-hybridized carbons (Fsp3) is 0.619. The lowest BCUT2D eigenvalue weighted by molar-refractivity contribution is -0.138. The molecule has 2 aliphatic rings. The first kappa shape index (κ1) is 25.7. The van der Waals surface area contributed by atoms with E-state index in [1.165, 1.54) is 5.56 Å². The highest BCUT2D eigenvalue weighted by atomic mass is 35.5. The second kappa shape index (κ2) is 11.7. The van der Waals surface area contributed by atoms with Crippen LogP contribution in [0.4, 0.5) is 5.69 Å². The van der Waals surface area contributed by atoms with Crippen LogP contribution in [0.1, 0.15) is 36.8 Å². The van der Waals surface area contributed by atoms with Crippen molar-refractivity contribution in [2.24, 2.45) is 11.7 Å². The van der Waals surface area contributed by atoms with E-state index in [-0.39, 0.29) is 48.6 Å². The Morgan fingerprint density at radius 1 is 1.10 bits per heavy atom. The van der Waals surface area contributed by atoms with Gasteiger partial charge < -0.3 is 16.0 Å². The quantitative estimate of drug-likeness (QED) is 0.747. The SMILES string of the molecule is Cc1cccc(NC(=O)CN2CCN(C(=O)C3CCCC(N)C3)CC2)c1C.Cl.Cl. The van der Waals surface area contributed by atoms with E-state index in [9.17, 15) is 9.59 Å². The number of carbonyl (C=O) groups is 2. The fourth-order valence-electron chi connectivity index (χ4n) is 4.12. The van der Waals surface area contributed by atoms with E-state index in [4.69, 9.17) is 5.73 Å². The zero-order valence-electron chi connectivity index (χ0n) is 17.4. The standard InChI is InChI=1S/C21H32N4O2.2ClH/c1-15-5-3-8-19(16(15)2)23-20(26)14-24-9-11-25(12-10-24)21(27)17-6-4-7-18(22)13-17;;/h3,5,8,17-18H,4,6-7,9-14,22H2,1-2H3,(H,23,26);2*1H. The number of amides is 2. The first-order valence-electron chi connectivity index (χ1n) is 10.1. The smallest absolute Gasteiger partial charge is 0.238 e. The number of hydrogen-bond acceptors (Lipinski definition) is 4. The molecule has 6 nitrogen and oxygen atoms in total. The molecule has 3 rings (SSSR count). The number of halogens is 2. The number of hydrogen-bond donors (Lipinski definition) is 2. The Hall–Kier alpha value is -1.34. The summed E-state index contributed by atoms with van der Waals surface area (Å²) in [6, 6.07) is 6.11. The highest BCUT2D eigenvalue weighted by Gasteiger charge is 2.31. The third-order valence-corrected chi connectivity index (χ3v) is 5.99. The van der Waals surface area contributed by atoms with Gasteiger partial charge in [0.2, 0.25) is 11.8 Å². The van der Waals surface area contributed by atoms with Gasteiger partial charge in [-0.05, 0) is 50.3 Å². The van der Waals surface area contributed by atoms with Gasteiger partial charge in [-0.25, -0.2) is 0 Å². The van der Waals surface area contributed by atoms with E-state index >= 15 is 0 Å². The highest BCUT2D eigenvalue weighted by Crippen LogP contribution is 2.25. The Morgan fingerprint density at radius 2 is 1.79 bits per heavy atom. The molecule has 0 spiro atoms. The third-order valence-electron chi connectivity index (χ3n) is 5.99. The van der Waals surface area contributed by atoms with Crippen LogP contribution in [0.2, 0.25) is 0 Å². The maximum atomic E-state index is 12.7. The number of anilines is 1. The lowest BCUT2D eigenvalue weighted by atomic mass is 9.85. The normalized spacial score (nSPS) is 22.2. The van der Waals surface area contributed by atoms with Crippen LogP contribution in [0.25, 0.3) is 0 Å². The van der Waals surface area contributed by atoms with Crippen molar-refractivity contribution >= 4 is 42.3 Å². The molecule has 1 aliphatic heterocycles. The van der Waals surface area contributed by atoms with Crippen molar-refractivity contribution in [3.05, 3.63) is 29.3 Å². The van der Waals surface area contributed by atoms with Crippen molar-refractivity contribution in [1.82, 2.24) is 9.80 Å². The zero-order valence-corrected chi connectivity index (χ0v) is 19.0. The number of rotatable bonds is 4. The number of nitrogens with two attached hydrogens (primary N) is 1. The number of carbonyl (C=O) groups excluding carboxylic acids is 2. The number of nitrogens with zero attached hydrogens (tertiary/aromatic N) is 2. The van der Waals surface area contributed by atoms with Gasteiger partial charge in [-0.2, -0.15) is 0 Å². The Morgan fingerprint density at radius 3 is 2.45 bits per heavy atom. The summed E-state index contributed by atoms with van der Waals surface area (Å²) < 4.78 is 0. The van der Waals surface area contributed by atoms with Crippen LogP contribution in [-0.4, -0.2) is 60.4 Å². The summed E-state index contributed by atoms with van der Waals surface area (Å²) in [4.78, 5) is 29.2. The molecule has 3 N–H and O–H groups in total. The zero-order chi connectivity index (χ0) is 19.4. The Bertz CT molecular complexity index is 693. The van der Waals surface area contributed by atoms with Gasteiger partial charge in [0.25, 0.3) is 0 Å². The monoisotopic (exact) mass is 444 g/mol. The van der Waals surface area contributed by atoms with E-state index in [2.05, 4.69) is 10.2 Å². The Labute approximate surface area is 186 Å². The molecular weight excluding hydrogens is 411 g/mol. The maximum Gasteiger partial charge on any atom is 0.238 e. The van der Waals surface area contributed by atoms with E-state index in [0.717, 1.165) is 50.0 Å². The van der Waals surface area contributed by atoms with Gasteiger partial charge in [-0.1, -0.05) is 18.6 Å². The van der Waals surface area contributed by atoms with Crippen LogP contribution in [0.15, 0.2) is 18.2 Å². The molecule has 1 saturated heterocycles. The molecule has 1 saturated carbocycles. The van der Waals surface area contributed by atoms with Gasteiger partial charge in [0.05, 0.1) is 6.54 Å². The first-order chi connectivity index (χ1) is 12.9. The molecule has 1 heterocycles. The molecule has 8 heteroatoms. The van der Waals surface area contributed by atoms with Crippen LogP contribution < -0.4 is 11.1 Å².